The lowest BCUT2D eigenvalue weighted by molar-refractivity contribution is -0.150. The fourth-order valence-corrected chi connectivity index (χ4v) is 2.05. The maximum absolute atomic E-state index is 12.4. The van der Waals surface area contributed by atoms with E-state index in [0.29, 0.717) is 11.8 Å². The molecule has 1 aromatic rings. The number of alkyl halides is 3. The standard InChI is InChI=1S/C7H10F3N5OS/c1-15-5(16)13-14-6(15)17-2-3(4(11)12)7(8,9)10/h3H,2H2,1H3,(H3,11,12)(H,13,16). The van der Waals surface area contributed by atoms with Gasteiger partial charge in [-0.15, -0.1) is 5.10 Å². The van der Waals surface area contributed by atoms with E-state index in [0.717, 1.165) is 4.57 Å². The number of amidine groups is 1. The molecular weight excluding hydrogens is 259 g/mol. The molecule has 0 spiro atoms. The molecule has 17 heavy (non-hydrogen) atoms. The molecule has 1 aromatic heterocycles. The molecule has 0 saturated carbocycles. The predicted octanol–water partition coefficient (Wildman–Crippen LogP) is 0.315. The summed E-state index contributed by atoms with van der Waals surface area (Å²) in [5.74, 6) is -3.48. The third-order valence-corrected chi connectivity index (χ3v) is 3.11. The van der Waals surface area contributed by atoms with Crippen LogP contribution in [0.1, 0.15) is 0 Å². The largest absolute Gasteiger partial charge is 0.399 e. The zero-order chi connectivity index (χ0) is 13.2. The number of nitrogens with zero attached hydrogens (tertiary/aromatic N) is 2. The molecule has 0 saturated heterocycles. The van der Waals surface area contributed by atoms with E-state index >= 15 is 0 Å². The van der Waals surface area contributed by atoms with Gasteiger partial charge in [0.25, 0.3) is 0 Å². The second-order valence-electron chi connectivity index (χ2n) is 3.23. The Kier molecular flexibility index (Phi) is 3.86. The highest BCUT2D eigenvalue weighted by Crippen LogP contribution is 2.30. The number of rotatable bonds is 4. The fraction of sp³-hybridized carbons (Fsp3) is 0.571. The van der Waals surface area contributed by atoms with Crippen molar-refractivity contribution in [3.8, 4) is 0 Å². The van der Waals surface area contributed by atoms with Crippen molar-refractivity contribution in [1.29, 1.82) is 5.41 Å². The summed E-state index contributed by atoms with van der Waals surface area (Å²) < 4.78 is 38.4. The van der Waals surface area contributed by atoms with Gasteiger partial charge in [-0.1, -0.05) is 11.8 Å². The van der Waals surface area contributed by atoms with Gasteiger partial charge in [0.15, 0.2) is 5.16 Å². The van der Waals surface area contributed by atoms with Gasteiger partial charge in [-0.05, 0) is 0 Å². The molecule has 0 aliphatic rings. The van der Waals surface area contributed by atoms with Crippen LogP contribution in [-0.2, 0) is 7.05 Å². The Labute approximate surface area is 97.9 Å². The molecule has 10 heteroatoms. The van der Waals surface area contributed by atoms with E-state index in [2.05, 4.69) is 10.2 Å². The van der Waals surface area contributed by atoms with Gasteiger partial charge in [-0.25, -0.2) is 9.89 Å². The van der Waals surface area contributed by atoms with Crippen molar-refractivity contribution in [1.82, 2.24) is 14.8 Å². The summed E-state index contributed by atoms with van der Waals surface area (Å²) in [5, 5.41) is 12.6. The van der Waals surface area contributed by atoms with Crippen LogP contribution >= 0.6 is 11.8 Å². The predicted molar refractivity (Wildman–Crippen MR) is 56.0 cm³/mol. The van der Waals surface area contributed by atoms with Crippen LogP contribution in [0, 0.1) is 11.3 Å². The number of aromatic amines is 1. The van der Waals surface area contributed by atoms with Gasteiger partial charge in [0, 0.05) is 12.8 Å². The third kappa shape index (κ3) is 3.25. The lowest BCUT2D eigenvalue weighted by Gasteiger charge is -2.17. The van der Waals surface area contributed by atoms with E-state index < -0.39 is 29.4 Å². The summed E-state index contributed by atoms with van der Waals surface area (Å²) in [6, 6.07) is 0. The van der Waals surface area contributed by atoms with Crippen LogP contribution in [0.4, 0.5) is 13.2 Å². The molecule has 0 amide bonds. The Balaban J connectivity index is 2.75. The topological polar surface area (TPSA) is 101 Å². The van der Waals surface area contributed by atoms with E-state index in [4.69, 9.17) is 11.1 Å². The molecule has 0 fully saturated rings. The van der Waals surface area contributed by atoms with Gasteiger partial charge >= 0.3 is 11.9 Å². The van der Waals surface area contributed by atoms with Crippen molar-refractivity contribution < 1.29 is 13.2 Å². The first-order chi connectivity index (χ1) is 7.73. The zero-order valence-electron chi connectivity index (χ0n) is 8.71. The number of nitrogens with one attached hydrogen (secondary N) is 2. The Morgan fingerprint density at radius 3 is 2.65 bits per heavy atom. The third-order valence-electron chi connectivity index (χ3n) is 1.99. The lowest BCUT2D eigenvalue weighted by atomic mass is 10.1. The summed E-state index contributed by atoms with van der Waals surface area (Å²) in [6.45, 7) is 0. The quantitative estimate of drug-likeness (QED) is 0.416. The monoisotopic (exact) mass is 269 g/mol. The minimum Gasteiger partial charge on any atom is -0.387 e. The Bertz CT molecular complexity index is 465. The van der Waals surface area contributed by atoms with Crippen LogP contribution < -0.4 is 11.4 Å². The molecule has 0 aliphatic heterocycles. The summed E-state index contributed by atoms with van der Waals surface area (Å²) in [7, 11) is 1.38. The van der Waals surface area contributed by atoms with E-state index in [-0.39, 0.29) is 5.16 Å². The fourth-order valence-electron chi connectivity index (χ4n) is 0.980. The molecule has 0 radical (unpaired) electrons. The van der Waals surface area contributed by atoms with Gasteiger partial charge in [0.2, 0.25) is 0 Å². The number of hydrogen-bond donors (Lipinski definition) is 3. The van der Waals surface area contributed by atoms with Crippen LogP contribution in [0.5, 0.6) is 0 Å². The van der Waals surface area contributed by atoms with Gasteiger partial charge in [-0.2, -0.15) is 13.2 Å². The summed E-state index contributed by atoms with van der Waals surface area (Å²) >= 11 is 0.711. The average molecular weight is 269 g/mol. The van der Waals surface area contributed by atoms with Crippen LogP contribution in [0.3, 0.4) is 0 Å². The smallest absolute Gasteiger partial charge is 0.387 e. The van der Waals surface area contributed by atoms with E-state index in [1.807, 2.05) is 0 Å². The van der Waals surface area contributed by atoms with Crippen molar-refractivity contribution in [3.63, 3.8) is 0 Å². The molecule has 1 rings (SSSR count). The molecule has 4 N–H and O–H groups in total. The summed E-state index contributed by atoms with van der Waals surface area (Å²) in [6.07, 6.45) is -4.58. The number of hydrogen-bond acceptors (Lipinski definition) is 4. The highest BCUT2D eigenvalue weighted by molar-refractivity contribution is 7.99. The lowest BCUT2D eigenvalue weighted by Crippen LogP contribution is -2.37. The van der Waals surface area contributed by atoms with Gasteiger partial charge in [0.05, 0.1) is 0 Å². The Hall–Kier alpha value is -1.45. The highest BCUT2D eigenvalue weighted by Gasteiger charge is 2.42. The van der Waals surface area contributed by atoms with Crippen LogP contribution in [-0.4, -0.2) is 32.5 Å². The van der Waals surface area contributed by atoms with Crippen molar-refractivity contribution >= 4 is 17.6 Å². The molecule has 96 valence electrons. The molecule has 1 unspecified atom stereocenters. The van der Waals surface area contributed by atoms with E-state index in [9.17, 15) is 18.0 Å². The number of nitrogens with two attached hydrogens (primary N) is 1. The number of H-pyrrole nitrogens is 1. The van der Waals surface area contributed by atoms with Crippen LogP contribution in [0.15, 0.2) is 9.95 Å². The normalized spacial score (nSPS) is 13.6. The van der Waals surface area contributed by atoms with Crippen molar-refractivity contribution in [2.75, 3.05) is 5.75 Å². The first-order valence-corrected chi connectivity index (χ1v) is 5.37. The van der Waals surface area contributed by atoms with E-state index in [1.54, 1.807) is 0 Å². The Morgan fingerprint density at radius 2 is 2.29 bits per heavy atom. The molecule has 0 bridgehead atoms. The van der Waals surface area contributed by atoms with Gasteiger partial charge in [-0.3, -0.25) is 9.98 Å². The SMILES string of the molecule is Cn1c(SCC(C(=N)N)C(F)(F)F)n[nH]c1=O. The molecular formula is C7H10F3N5OS. The zero-order valence-corrected chi connectivity index (χ0v) is 9.52. The second kappa shape index (κ2) is 4.82. The first-order valence-electron chi connectivity index (χ1n) is 4.38. The molecule has 1 atom stereocenters. The van der Waals surface area contributed by atoms with Crippen molar-refractivity contribution in [3.05, 3.63) is 10.5 Å². The number of thioether (sulfide) groups is 1. The maximum Gasteiger partial charge on any atom is 0.399 e. The van der Waals surface area contributed by atoms with Crippen LogP contribution in [0.2, 0.25) is 0 Å². The van der Waals surface area contributed by atoms with E-state index in [1.165, 1.54) is 7.05 Å². The minimum atomic E-state index is -4.58. The Morgan fingerprint density at radius 1 is 1.71 bits per heavy atom. The summed E-state index contributed by atoms with van der Waals surface area (Å²) in [4.78, 5) is 11.0. The average Bonchev–Trinajstić information content (AvgIpc) is 2.47. The summed E-state index contributed by atoms with van der Waals surface area (Å²) in [5.41, 5.74) is 4.37. The van der Waals surface area contributed by atoms with Crippen molar-refractivity contribution in [2.24, 2.45) is 18.7 Å². The maximum atomic E-state index is 12.4. The second-order valence-corrected chi connectivity index (χ2v) is 4.22. The number of aromatic nitrogens is 3. The van der Waals surface area contributed by atoms with Crippen LogP contribution in [0.25, 0.3) is 0 Å². The molecule has 0 aliphatic carbocycles. The van der Waals surface area contributed by atoms with Gasteiger partial charge in [0.1, 0.15) is 11.8 Å². The molecule has 6 nitrogen and oxygen atoms in total. The highest BCUT2D eigenvalue weighted by atomic mass is 32.2. The van der Waals surface area contributed by atoms with Gasteiger partial charge < -0.3 is 5.73 Å². The minimum absolute atomic E-state index is 0.116. The molecule has 0 aromatic carbocycles. The first kappa shape index (κ1) is 13.6. The number of halogens is 3. The molecule has 1 heterocycles. The van der Waals surface area contributed by atoms with Crippen molar-refractivity contribution in [2.45, 2.75) is 11.3 Å².